The monoisotopic (exact) mass is 346 g/mol. The van der Waals surface area contributed by atoms with E-state index < -0.39 is 24.3 Å². The van der Waals surface area contributed by atoms with Gasteiger partial charge in [-0.3, -0.25) is 9.78 Å². The molecule has 25 heavy (non-hydrogen) atoms. The molecule has 1 heterocycles. The fourth-order valence-corrected chi connectivity index (χ4v) is 2.31. The van der Waals surface area contributed by atoms with Gasteiger partial charge in [0.15, 0.2) is 6.61 Å². The molecule has 0 fully saturated rings. The Labute approximate surface area is 141 Å². The van der Waals surface area contributed by atoms with Gasteiger partial charge < -0.3 is 10.1 Å². The molecule has 0 aliphatic rings. The number of ether oxygens (including phenoxy) is 1. The van der Waals surface area contributed by atoms with Crippen molar-refractivity contribution in [1.82, 2.24) is 4.98 Å². The predicted molar refractivity (Wildman–Crippen MR) is 87.3 cm³/mol. The number of pyridine rings is 1. The number of nitrogens with zero attached hydrogens (tertiary/aromatic N) is 1. The van der Waals surface area contributed by atoms with E-state index in [2.05, 4.69) is 10.3 Å². The Morgan fingerprint density at radius 2 is 1.88 bits per heavy atom. The maximum absolute atomic E-state index is 12.7. The van der Waals surface area contributed by atoms with Gasteiger partial charge in [-0.2, -0.15) is 13.2 Å². The van der Waals surface area contributed by atoms with E-state index in [0.717, 1.165) is 23.0 Å². The van der Waals surface area contributed by atoms with Crippen LogP contribution in [0.15, 0.2) is 60.8 Å². The number of benzene rings is 2. The molecule has 0 unspecified atom stereocenters. The molecule has 2 aromatic carbocycles. The maximum atomic E-state index is 12.7. The number of anilines is 1. The number of carbonyl (C=O) groups excluding carboxylic acids is 1. The van der Waals surface area contributed by atoms with Crippen LogP contribution < -0.4 is 10.1 Å². The number of alkyl halides is 3. The van der Waals surface area contributed by atoms with E-state index in [4.69, 9.17) is 4.74 Å². The SMILES string of the molecule is O=C(COc1cccc(C(F)(F)F)c1)Nc1cccc2ncccc12. The molecule has 1 N–H and O–H groups in total. The summed E-state index contributed by atoms with van der Waals surface area (Å²) in [5.74, 6) is -0.502. The zero-order valence-corrected chi connectivity index (χ0v) is 12.9. The molecule has 0 atom stereocenters. The first-order chi connectivity index (χ1) is 11.9. The van der Waals surface area contributed by atoms with Gasteiger partial charge in [0, 0.05) is 11.6 Å². The summed E-state index contributed by atoms with van der Waals surface area (Å²) in [5, 5.41) is 3.44. The van der Waals surface area contributed by atoms with Gasteiger partial charge in [-0.25, -0.2) is 0 Å². The molecule has 3 rings (SSSR count). The fraction of sp³-hybridized carbons (Fsp3) is 0.111. The van der Waals surface area contributed by atoms with Crippen LogP contribution in [0.2, 0.25) is 0 Å². The van der Waals surface area contributed by atoms with Crippen molar-refractivity contribution in [2.24, 2.45) is 0 Å². The minimum atomic E-state index is -4.46. The number of aromatic nitrogens is 1. The third-order valence-electron chi connectivity index (χ3n) is 3.45. The molecular weight excluding hydrogens is 333 g/mol. The van der Waals surface area contributed by atoms with Gasteiger partial charge in [-0.1, -0.05) is 12.1 Å². The first-order valence-corrected chi connectivity index (χ1v) is 7.37. The van der Waals surface area contributed by atoms with E-state index in [1.54, 1.807) is 24.4 Å². The number of amides is 1. The summed E-state index contributed by atoms with van der Waals surface area (Å²) in [6.45, 7) is -0.405. The van der Waals surface area contributed by atoms with Crippen LogP contribution >= 0.6 is 0 Å². The largest absolute Gasteiger partial charge is 0.484 e. The molecule has 1 amide bonds. The quantitative estimate of drug-likeness (QED) is 0.767. The maximum Gasteiger partial charge on any atom is 0.416 e. The van der Waals surface area contributed by atoms with Crippen molar-refractivity contribution in [1.29, 1.82) is 0 Å². The number of carbonyl (C=O) groups is 1. The van der Waals surface area contributed by atoms with Crippen LogP contribution in [0, 0.1) is 0 Å². The highest BCUT2D eigenvalue weighted by atomic mass is 19.4. The Kier molecular flexibility index (Phi) is 4.56. The lowest BCUT2D eigenvalue weighted by Crippen LogP contribution is -2.20. The van der Waals surface area contributed by atoms with Crippen molar-refractivity contribution in [2.75, 3.05) is 11.9 Å². The molecule has 4 nitrogen and oxygen atoms in total. The minimum absolute atomic E-state index is 0.0236. The van der Waals surface area contributed by atoms with E-state index in [9.17, 15) is 18.0 Å². The molecule has 128 valence electrons. The van der Waals surface area contributed by atoms with Crippen molar-refractivity contribution in [2.45, 2.75) is 6.18 Å². The Balaban J connectivity index is 1.67. The lowest BCUT2D eigenvalue weighted by molar-refractivity contribution is -0.137. The Morgan fingerprint density at radius 3 is 2.68 bits per heavy atom. The Hall–Kier alpha value is -3.09. The van der Waals surface area contributed by atoms with E-state index in [0.29, 0.717) is 5.69 Å². The van der Waals surface area contributed by atoms with Crippen LogP contribution in [-0.4, -0.2) is 17.5 Å². The highest BCUT2D eigenvalue weighted by Gasteiger charge is 2.30. The average molecular weight is 346 g/mol. The van der Waals surface area contributed by atoms with Crippen LogP contribution in [0.3, 0.4) is 0 Å². The highest BCUT2D eigenvalue weighted by Crippen LogP contribution is 2.31. The van der Waals surface area contributed by atoms with Crippen molar-refractivity contribution < 1.29 is 22.7 Å². The molecule has 0 aliphatic carbocycles. The fourth-order valence-electron chi connectivity index (χ4n) is 2.31. The standard InChI is InChI=1S/C18H13F3N2O2/c19-18(20,21)12-4-1-5-13(10-12)25-11-17(24)23-16-8-2-7-15-14(16)6-3-9-22-15/h1-10H,11H2,(H,23,24). The minimum Gasteiger partial charge on any atom is -0.484 e. The smallest absolute Gasteiger partial charge is 0.416 e. The lowest BCUT2D eigenvalue weighted by atomic mass is 10.2. The van der Waals surface area contributed by atoms with Crippen LogP contribution in [0.1, 0.15) is 5.56 Å². The van der Waals surface area contributed by atoms with Crippen LogP contribution in [0.5, 0.6) is 5.75 Å². The topological polar surface area (TPSA) is 51.2 Å². The van der Waals surface area contributed by atoms with Gasteiger partial charge in [0.2, 0.25) is 0 Å². The molecule has 0 aliphatic heterocycles. The summed E-state index contributed by atoms with van der Waals surface area (Å²) in [7, 11) is 0. The number of hydrogen-bond donors (Lipinski definition) is 1. The van der Waals surface area contributed by atoms with Gasteiger partial charge in [-0.05, 0) is 42.5 Å². The van der Waals surface area contributed by atoms with Gasteiger partial charge in [0.25, 0.3) is 5.91 Å². The van der Waals surface area contributed by atoms with Gasteiger partial charge in [0.05, 0.1) is 16.8 Å². The summed E-state index contributed by atoms with van der Waals surface area (Å²) in [6, 6.07) is 13.2. The first kappa shape index (κ1) is 16.8. The molecule has 0 bridgehead atoms. The second-order valence-corrected chi connectivity index (χ2v) is 5.24. The van der Waals surface area contributed by atoms with Gasteiger partial charge in [-0.15, -0.1) is 0 Å². The average Bonchev–Trinajstić information content (AvgIpc) is 2.60. The second kappa shape index (κ2) is 6.80. The number of fused-ring (bicyclic) bond motifs is 1. The molecule has 0 radical (unpaired) electrons. The molecular formula is C18H13F3N2O2. The number of nitrogens with one attached hydrogen (secondary N) is 1. The summed E-state index contributed by atoms with van der Waals surface area (Å²) in [6.07, 6.45) is -2.82. The van der Waals surface area contributed by atoms with E-state index >= 15 is 0 Å². The number of hydrogen-bond acceptors (Lipinski definition) is 3. The molecule has 1 aromatic heterocycles. The van der Waals surface area contributed by atoms with E-state index in [-0.39, 0.29) is 5.75 Å². The number of halogens is 3. The van der Waals surface area contributed by atoms with Crippen molar-refractivity contribution >= 4 is 22.5 Å². The van der Waals surface area contributed by atoms with Crippen LogP contribution in [0.25, 0.3) is 10.9 Å². The molecule has 7 heteroatoms. The van der Waals surface area contributed by atoms with Gasteiger partial charge >= 0.3 is 6.18 Å². The molecule has 0 saturated carbocycles. The summed E-state index contributed by atoms with van der Waals surface area (Å²) in [5.41, 5.74) is 0.452. The second-order valence-electron chi connectivity index (χ2n) is 5.24. The zero-order valence-electron chi connectivity index (χ0n) is 12.9. The predicted octanol–water partition coefficient (Wildman–Crippen LogP) is 4.27. The summed E-state index contributed by atoms with van der Waals surface area (Å²) >= 11 is 0. The van der Waals surface area contributed by atoms with Crippen molar-refractivity contribution in [3.8, 4) is 5.75 Å². The molecule has 0 spiro atoms. The van der Waals surface area contributed by atoms with Crippen molar-refractivity contribution in [3.63, 3.8) is 0 Å². The lowest BCUT2D eigenvalue weighted by Gasteiger charge is -2.11. The molecule has 3 aromatic rings. The van der Waals surface area contributed by atoms with Crippen LogP contribution in [-0.2, 0) is 11.0 Å². The highest BCUT2D eigenvalue weighted by molar-refractivity contribution is 6.01. The zero-order chi connectivity index (χ0) is 17.9. The summed E-state index contributed by atoms with van der Waals surface area (Å²) in [4.78, 5) is 16.2. The normalized spacial score (nSPS) is 11.3. The number of rotatable bonds is 4. The van der Waals surface area contributed by atoms with Gasteiger partial charge in [0.1, 0.15) is 5.75 Å². The Bertz CT molecular complexity index is 905. The first-order valence-electron chi connectivity index (χ1n) is 7.37. The third-order valence-corrected chi connectivity index (χ3v) is 3.45. The summed E-state index contributed by atoms with van der Waals surface area (Å²) < 4.78 is 43.1. The van der Waals surface area contributed by atoms with Crippen LogP contribution in [0.4, 0.5) is 18.9 Å². The third kappa shape index (κ3) is 4.06. The van der Waals surface area contributed by atoms with E-state index in [1.165, 1.54) is 12.1 Å². The Morgan fingerprint density at radius 1 is 1.08 bits per heavy atom. The van der Waals surface area contributed by atoms with Crippen molar-refractivity contribution in [3.05, 3.63) is 66.4 Å². The molecule has 0 saturated heterocycles. The van der Waals surface area contributed by atoms with E-state index in [1.807, 2.05) is 12.1 Å².